The summed E-state index contributed by atoms with van der Waals surface area (Å²) >= 11 is 0. The summed E-state index contributed by atoms with van der Waals surface area (Å²) in [5, 5.41) is 0. The molecule has 7 nitrogen and oxygen atoms in total. The first-order valence-corrected chi connectivity index (χ1v) is 6.11. The smallest absolute Gasteiger partial charge is 0.231 e. The van der Waals surface area contributed by atoms with Crippen molar-refractivity contribution < 1.29 is 14.3 Å². The third-order valence-corrected chi connectivity index (χ3v) is 2.73. The van der Waals surface area contributed by atoms with E-state index in [0.29, 0.717) is 18.8 Å². The molecule has 110 valence electrons. The van der Waals surface area contributed by atoms with Crippen LogP contribution < -0.4 is 21.9 Å². The van der Waals surface area contributed by atoms with Crippen LogP contribution in [0.15, 0.2) is 18.2 Å². The molecule has 0 radical (unpaired) electrons. The predicted molar refractivity (Wildman–Crippen MR) is 74.6 cm³/mol. The van der Waals surface area contributed by atoms with E-state index in [0.717, 1.165) is 11.1 Å². The molecule has 0 saturated heterocycles. The lowest BCUT2D eigenvalue weighted by molar-refractivity contribution is -0.122. The minimum atomic E-state index is -0.528. The molecule has 0 aliphatic heterocycles. The highest BCUT2D eigenvalue weighted by atomic mass is 16.5. The third-order valence-electron chi connectivity index (χ3n) is 2.73. The summed E-state index contributed by atoms with van der Waals surface area (Å²) in [7, 11) is 1.55. The van der Waals surface area contributed by atoms with Crippen molar-refractivity contribution in [1.82, 2.24) is 4.90 Å². The van der Waals surface area contributed by atoms with Gasteiger partial charge in [0, 0.05) is 18.7 Å². The molecule has 0 saturated carbocycles. The van der Waals surface area contributed by atoms with Gasteiger partial charge in [-0.25, -0.2) is 0 Å². The quantitative estimate of drug-likeness (QED) is 0.559. The number of ether oxygens (including phenoxy) is 1. The van der Waals surface area contributed by atoms with E-state index in [4.69, 9.17) is 21.9 Å². The van der Waals surface area contributed by atoms with Gasteiger partial charge in [0.05, 0.1) is 20.2 Å². The topological polar surface area (TPSA) is 125 Å². The van der Waals surface area contributed by atoms with Crippen molar-refractivity contribution in [3.63, 3.8) is 0 Å². The van der Waals surface area contributed by atoms with Gasteiger partial charge in [-0.2, -0.15) is 0 Å². The maximum absolute atomic E-state index is 11.0. The molecule has 0 aliphatic carbocycles. The average Bonchev–Trinajstić information content (AvgIpc) is 2.37. The summed E-state index contributed by atoms with van der Waals surface area (Å²) in [5.41, 5.74) is 17.7. The van der Waals surface area contributed by atoms with Gasteiger partial charge in [0.15, 0.2) is 0 Å². The Bertz CT molecular complexity index is 475. The fourth-order valence-electron chi connectivity index (χ4n) is 1.93. The predicted octanol–water partition coefficient (Wildman–Crippen LogP) is -1.07. The van der Waals surface area contributed by atoms with E-state index in [9.17, 15) is 9.59 Å². The molecule has 0 spiro atoms. The van der Waals surface area contributed by atoms with Gasteiger partial charge in [0.1, 0.15) is 5.75 Å². The number of hydrogen-bond donors (Lipinski definition) is 3. The van der Waals surface area contributed by atoms with E-state index >= 15 is 0 Å². The van der Waals surface area contributed by atoms with Crippen LogP contribution in [0, 0.1) is 0 Å². The average molecular weight is 280 g/mol. The Hall–Kier alpha value is -2.12. The Kier molecular flexibility index (Phi) is 5.95. The van der Waals surface area contributed by atoms with E-state index in [1.165, 1.54) is 0 Å². The van der Waals surface area contributed by atoms with Crippen LogP contribution in [0.3, 0.4) is 0 Å². The fourth-order valence-corrected chi connectivity index (χ4v) is 1.93. The minimum absolute atomic E-state index is 0.0566. The number of rotatable bonds is 8. The van der Waals surface area contributed by atoms with Crippen molar-refractivity contribution in [2.75, 3.05) is 20.2 Å². The summed E-state index contributed by atoms with van der Waals surface area (Å²) in [5.74, 6) is -0.401. The van der Waals surface area contributed by atoms with Crippen LogP contribution in [-0.2, 0) is 22.7 Å². The van der Waals surface area contributed by atoms with Gasteiger partial charge in [-0.1, -0.05) is 6.07 Å². The van der Waals surface area contributed by atoms with Gasteiger partial charge in [0.25, 0.3) is 0 Å². The maximum atomic E-state index is 11.0. The Morgan fingerprint density at radius 1 is 1.20 bits per heavy atom. The zero-order valence-electron chi connectivity index (χ0n) is 11.5. The molecular formula is C13H20N4O3. The second kappa shape index (κ2) is 7.46. The largest absolute Gasteiger partial charge is 0.496 e. The zero-order chi connectivity index (χ0) is 15.1. The molecule has 2 amide bonds. The number of methoxy groups -OCH3 is 1. The van der Waals surface area contributed by atoms with Crippen molar-refractivity contribution >= 4 is 11.8 Å². The van der Waals surface area contributed by atoms with Gasteiger partial charge in [0.2, 0.25) is 11.8 Å². The van der Waals surface area contributed by atoms with Crippen molar-refractivity contribution in [1.29, 1.82) is 0 Å². The van der Waals surface area contributed by atoms with Crippen LogP contribution in [0.5, 0.6) is 5.75 Å². The zero-order valence-corrected chi connectivity index (χ0v) is 11.5. The number of nitrogens with zero attached hydrogens (tertiary/aromatic N) is 1. The number of benzene rings is 1. The van der Waals surface area contributed by atoms with Gasteiger partial charge in [-0.15, -0.1) is 0 Å². The van der Waals surface area contributed by atoms with Crippen LogP contribution in [0.1, 0.15) is 11.1 Å². The molecule has 1 aromatic carbocycles. The molecule has 0 unspecified atom stereocenters. The second-order valence-corrected chi connectivity index (χ2v) is 4.43. The second-order valence-electron chi connectivity index (χ2n) is 4.43. The lowest BCUT2D eigenvalue weighted by atomic mass is 10.1. The monoisotopic (exact) mass is 280 g/mol. The fraction of sp³-hybridized carbons (Fsp3) is 0.385. The molecule has 6 N–H and O–H groups in total. The number of amides is 2. The molecule has 0 bridgehead atoms. The van der Waals surface area contributed by atoms with Crippen molar-refractivity contribution in [3.8, 4) is 5.75 Å². The molecule has 1 rings (SSSR count). The van der Waals surface area contributed by atoms with Gasteiger partial charge in [-0.05, 0) is 17.7 Å². The van der Waals surface area contributed by atoms with Crippen LogP contribution in [-0.4, -0.2) is 36.9 Å². The molecule has 1 aromatic rings. The third kappa shape index (κ3) is 4.87. The van der Waals surface area contributed by atoms with E-state index < -0.39 is 11.8 Å². The van der Waals surface area contributed by atoms with Crippen molar-refractivity contribution in [2.24, 2.45) is 17.2 Å². The Morgan fingerprint density at radius 3 is 2.25 bits per heavy atom. The maximum Gasteiger partial charge on any atom is 0.231 e. The van der Waals surface area contributed by atoms with E-state index in [-0.39, 0.29) is 13.1 Å². The highest BCUT2D eigenvalue weighted by Crippen LogP contribution is 2.21. The first-order chi connectivity index (χ1) is 9.46. The summed E-state index contributed by atoms with van der Waals surface area (Å²) in [6, 6.07) is 5.52. The minimum Gasteiger partial charge on any atom is -0.496 e. The lowest BCUT2D eigenvalue weighted by Gasteiger charge is -2.20. The SMILES string of the molecule is COc1ccc(CN)cc1CN(CC(N)=O)CC(N)=O. The van der Waals surface area contributed by atoms with Crippen molar-refractivity contribution in [3.05, 3.63) is 29.3 Å². The molecular weight excluding hydrogens is 260 g/mol. The highest BCUT2D eigenvalue weighted by molar-refractivity contribution is 5.79. The molecule has 0 heterocycles. The van der Waals surface area contributed by atoms with E-state index in [1.54, 1.807) is 18.1 Å². The summed E-state index contributed by atoms with van der Waals surface area (Å²) in [6.07, 6.45) is 0. The summed E-state index contributed by atoms with van der Waals surface area (Å²) in [6.45, 7) is 0.601. The number of primary amides is 2. The summed E-state index contributed by atoms with van der Waals surface area (Å²) in [4.78, 5) is 23.6. The number of nitrogens with two attached hydrogens (primary N) is 3. The van der Waals surface area contributed by atoms with Crippen molar-refractivity contribution in [2.45, 2.75) is 13.1 Å². The van der Waals surface area contributed by atoms with Gasteiger partial charge < -0.3 is 21.9 Å². The molecule has 0 aliphatic rings. The first-order valence-electron chi connectivity index (χ1n) is 6.11. The molecule has 0 aromatic heterocycles. The standard InChI is InChI=1S/C13H20N4O3/c1-20-11-3-2-9(5-14)4-10(11)6-17(7-12(15)18)8-13(16)19/h2-4H,5-8,14H2,1H3,(H2,15,18)(H2,16,19). The summed E-state index contributed by atoms with van der Waals surface area (Å²) < 4.78 is 5.26. The Balaban J connectivity index is 2.95. The number of carbonyl (C=O) groups excluding carboxylic acids is 2. The van der Waals surface area contributed by atoms with Crippen LogP contribution in [0.25, 0.3) is 0 Å². The van der Waals surface area contributed by atoms with Crippen LogP contribution in [0.2, 0.25) is 0 Å². The van der Waals surface area contributed by atoms with E-state index in [1.807, 2.05) is 12.1 Å². The normalized spacial score (nSPS) is 10.6. The Labute approximate surface area is 117 Å². The van der Waals surface area contributed by atoms with E-state index in [2.05, 4.69) is 0 Å². The molecule has 7 heteroatoms. The van der Waals surface area contributed by atoms with Crippen LogP contribution in [0.4, 0.5) is 0 Å². The highest BCUT2D eigenvalue weighted by Gasteiger charge is 2.14. The first kappa shape index (κ1) is 15.9. The van der Waals surface area contributed by atoms with Gasteiger partial charge in [-0.3, -0.25) is 14.5 Å². The molecule has 0 fully saturated rings. The Morgan fingerprint density at radius 2 is 1.80 bits per heavy atom. The molecule has 20 heavy (non-hydrogen) atoms. The van der Waals surface area contributed by atoms with Gasteiger partial charge >= 0.3 is 0 Å². The number of hydrogen-bond acceptors (Lipinski definition) is 5. The number of carbonyl (C=O) groups is 2. The molecule has 0 atom stereocenters. The van der Waals surface area contributed by atoms with Crippen LogP contribution >= 0.6 is 0 Å². The lowest BCUT2D eigenvalue weighted by Crippen LogP contribution is -2.39.